The molecule has 0 atom stereocenters. The largest absolute Gasteiger partial charge is 0.504 e. The maximum atomic E-state index is 12.2. The minimum absolute atomic E-state index is 0.126. The predicted octanol–water partition coefficient (Wildman–Crippen LogP) is 3.57. The number of benzene rings is 1. The van der Waals surface area contributed by atoms with Gasteiger partial charge in [0.25, 0.3) is 0 Å². The Kier molecular flexibility index (Phi) is 6.81. The molecule has 0 spiro atoms. The van der Waals surface area contributed by atoms with Crippen LogP contribution >= 0.6 is 0 Å². The summed E-state index contributed by atoms with van der Waals surface area (Å²) in [6.45, 7) is 4.08. The summed E-state index contributed by atoms with van der Waals surface area (Å²) in [6.07, 6.45) is 8.85. The molecule has 0 amide bonds. The number of ether oxygens (including phenoxy) is 1. The molecule has 0 fully saturated rings. The molecular formula is C17H20O4. The van der Waals surface area contributed by atoms with Gasteiger partial charge >= 0.3 is 0 Å². The van der Waals surface area contributed by atoms with Crippen LogP contribution in [-0.2, 0) is 9.53 Å². The first-order valence-corrected chi connectivity index (χ1v) is 6.69. The molecule has 0 aromatic heterocycles. The standard InChI is InChI=1S/C17H20O4/c1-3-5-7-15(18)14(12-21-10-6-4-2)13-8-9-16(19)17(20)11-13/h3-6,8-9,11-12,19-20H,7,10H2,1-2H3/b5-3+,6-4-,14-12-. The van der Waals surface area contributed by atoms with Crippen molar-refractivity contribution in [1.82, 2.24) is 0 Å². The van der Waals surface area contributed by atoms with Crippen LogP contribution in [0.5, 0.6) is 11.5 Å². The van der Waals surface area contributed by atoms with Gasteiger partial charge in [-0.25, -0.2) is 0 Å². The Morgan fingerprint density at radius 1 is 1.14 bits per heavy atom. The zero-order valence-electron chi connectivity index (χ0n) is 12.2. The summed E-state index contributed by atoms with van der Waals surface area (Å²) in [6, 6.07) is 4.24. The average molecular weight is 288 g/mol. The van der Waals surface area contributed by atoms with Crippen molar-refractivity contribution in [1.29, 1.82) is 0 Å². The van der Waals surface area contributed by atoms with Gasteiger partial charge < -0.3 is 14.9 Å². The monoisotopic (exact) mass is 288 g/mol. The lowest BCUT2D eigenvalue weighted by Crippen LogP contribution is -2.02. The second-order valence-corrected chi connectivity index (χ2v) is 4.33. The Morgan fingerprint density at radius 3 is 2.48 bits per heavy atom. The Hall–Kier alpha value is -2.49. The van der Waals surface area contributed by atoms with Gasteiger partial charge in [-0.1, -0.05) is 30.4 Å². The van der Waals surface area contributed by atoms with E-state index in [0.717, 1.165) is 0 Å². The van der Waals surface area contributed by atoms with Crippen molar-refractivity contribution in [3.63, 3.8) is 0 Å². The molecule has 0 aliphatic heterocycles. The molecule has 112 valence electrons. The van der Waals surface area contributed by atoms with E-state index in [1.54, 1.807) is 18.2 Å². The molecule has 1 aromatic carbocycles. The molecule has 0 bridgehead atoms. The summed E-state index contributed by atoms with van der Waals surface area (Å²) < 4.78 is 5.32. The summed E-state index contributed by atoms with van der Waals surface area (Å²) in [4.78, 5) is 12.2. The van der Waals surface area contributed by atoms with Gasteiger partial charge in [-0.2, -0.15) is 0 Å². The number of carbonyl (C=O) groups excluding carboxylic acids is 1. The first-order valence-electron chi connectivity index (χ1n) is 6.69. The molecule has 0 unspecified atom stereocenters. The van der Waals surface area contributed by atoms with Gasteiger partial charge in [0.05, 0.1) is 11.8 Å². The fourth-order valence-electron chi connectivity index (χ4n) is 1.60. The number of hydrogen-bond acceptors (Lipinski definition) is 4. The number of carbonyl (C=O) groups is 1. The number of allylic oxidation sites excluding steroid dienone is 4. The zero-order valence-corrected chi connectivity index (χ0v) is 12.2. The molecule has 4 nitrogen and oxygen atoms in total. The van der Waals surface area contributed by atoms with Crippen LogP contribution in [0.3, 0.4) is 0 Å². The molecule has 0 heterocycles. The molecule has 1 aromatic rings. The van der Waals surface area contributed by atoms with E-state index in [-0.39, 0.29) is 23.7 Å². The van der Waals surface area contributed by atoms with Crippen LogP contribution in [0.4, 0.5) is 0 Å². The lowest BCUT2D eigenvalue weighted by atomic mass is 10.0. The maximum absolute atomic E-state index is 12.2. The quantitative estimate of drug-likeness (QED) is 0.265. The molecule has 0 aliphatic carbocycles. The van der Waals surface area contributed by atoms with Crippen LogP contribution in [0.1, 0.15) is 25.8 Å². The molecule has 2 N–H and O–H groups in total. The van der Waals surface area contributed by atoms with Gasteiger partial charge in [-0.3, -0.25) is 4.79 Å². The Balaban J connectivity index is 3.04. The molecule has 0 radical (unpaired) electrons. The van der Waals surface area contributed by atoms with Crippen LogP contribution in [0.15, 0.2) is 48.8 Å². The minimum atomic E-state index is -0.273. The molecule has 0 saturated heterocycles. The highest BCUT2D eigenvalue weighted by molar-refractivity contribution is 6.21. The summed E-state index contributed by atoms with van der Waals surface area (Å²) in [5.74, 6) is -0.627. The van der Waals surface area contributed by atoms with E-state index in [9.17, 15) is 15.0 Å². The summed E-state index contributed by atoms with van der Waals surface area (Å²) in [5, 5.41) is 18.9. The normalized spacial score (nSPS) is 12.2. The van der Waals surface area contributed by atoms with Crippen molar-refractivity contribution in [2.75, 3.05) is 6.61 Å². The van der Waals surface area contributed by atoms with Crippen LogP contribution in [0, 0.1) is 0 Å². The van der Waals surface area contributed by atoms with Crippen molar-refractivity contribution >= 4 is 11.4 Å². The average Bonchev–Trinajstić information content (AvgIpc) is 2.48. The summed E-state index contributed by atoms with van der Waals surface area (Å²) >= 11 is 0. The van der Waals surface area contributed by atoms with E-state index in [0.29, 0.717) is 17.7 Å². The van der Waals surface area contributed by atoms with Crippen molar-refractivity contribution in [3.8, 4) is 11.5 Å². The number of phenols is 2. The van der Waals surface area contributed by atoms with E-state index < -0.39 is 0 Å². The molecule has 0 aliphatic rings. The second kappa shape index (κ2) is 8.64. The van der Waals surface area contributed by atoms with Crippen LogP contribution in [-0.4, -0.2) is 22.6 Å². The first-order chi connectivity index (χ1) is 10.1. The number of ketones is 1. The number of hydrogen-bond donors (Lipinski definition) is 2. The fourth-order valence-corrected chi connectivity index (χ4v) is 1.60. The van der Waals surface area contributed by atoms with Crippen LogP contribution < -0.4 is 0 Å². The number of Topliss-reactive ketones (excluding diaryl/α,β-unsaturated/α-hetero) is 1. The molecule has 21 heavy (non-hydrogen) atoms. The second-order valence-electron chi connectivity index (χ2n) is 4.33. The zero-order chi connectivity index (χ0) is 15.7. The third-order valence-electron chi connectivity index (χ3n) is 2.76. The van der Waals surface area contributed by atoms with Gasteiger partial charge in [0.2, 0.25) is 0 Å². The third-order valence-corrected chi connectivity index (χ3v) is 2.76. The van der Waals surface area contributed by atoms with Gasteiger partial charge in [0, 0.05) is 6.42 Å². The molecule has 1 rings (SSSR count). The topological polar surface area (TPSA) is 66.8 Å². The van der Waals surface area contributed by atoms with E-state index in [2.05, 4.69) is 0 Å². The number of aromatic hydroxyl groups is 2. The molecule has 4 heteroatoms. The van der Waals surface area contributed by atoms with Gasteiger partial charge in [0.15, 0.2) is 17.3 Å². The SMILES string of the molecule is C/C=C\CO/C=C(\C(=O)C/C=C/C)c1ccc(O)c(O)c1. The van der Waals surface area contributed by atoms with Crippen LogP contribution in [0.25, 0.3) is 5.57 Å². The fraction of sp³-hybridized carbons (Fsp3) is 0.235. The highest BCUT2D eigenvalue weighted by atomic mass is 16.5. The first kappa shape index (κ1) is 16.6. The lowest BCUT2D eigenvalue weighted by Gasteiger charge is -2.08. The maximum Gasteiger partial charge on any atom is 0.170 e. The van der Waals surface area contributed by atoms with Crippen molar-refractivity contribution in [2.24, 2.45) is 0 Å². The lowest BCUT2D eigenvalue weighted by molar-refractivity contribution is -0.113. The molecular weight excluding hydrogens is 268 g/mol. The van der Waals surface area contributed by atoms with E-state index >= 15 is 0 Å². The van der Waals surface area contributed by atoms with Crippen molar-refractivity contribution in [3.05, 3.63) is 54.3 Å². The van der Waals surface area contributed by atoms with E-state index in [1.165, 1.54) is 18.4 Å². The molecule has 0 saturated carbocycles. The minimum Gasteiger partial charge on any atom is -0.504 e. The van der Waals surface area contributed by atoms with E-state index in [1.807, 2.05) is 26.0 Å². The highest BCUT2D eigenvalue weighted by Gasteiger charge is 2.13. The highest BCUT2D eigenvalue weighted by Crippen LogP contribution is 2.29. The van der Waals surface area contributed by atoms with Gasteiger partial charge in [-0.05, 0) is 31.5 Å². The summed E-state index contributed by atoms with van der Waals surface area (Å²) in [7, 11) is 0. The Labute approximate surface area is 124 Å². The van der Waals surface area contributed by atoms with Gasteiger partial charge in [-0.15, -0.1) is 0 Å². The van der Waals surface area contributed by atoms with Crippen molar-refractivity contribution in [2.45, 2.75) is 20.3 Å². The Bertz CT molecular complexity index is 568. The third kappa shape index (κ3) is 5.18. The number of phenolic OH excluding ortho intramolecular Hbond substituents is 2. The van der Waals surface area contributed by atoms with Gasteiger partial charge in [0.1, 0.15) is 6.61 Å². The summed E-state index contributed by atoms with van der Waals surface area (Å²) in [5.41, 5.74) is 0.855. The van der Waals surface area contributed by atoms with Crippen molar-refractivity contribution < 1.29 is 19.7 Å². The predicted molar refractivity (Wildman–Crippen MR) is 83.0 cm³/mol. The van der Waals surface area contributed by atoms with E-state index in [4.69, 9.17) is 4.74 Å². The van der Waals surface area contributed by atoms with Crippen LogP contribution in [0.2, 0.25) is 0 Å². The Morgan fingerprint density at radius 2 is 1.86 bits per heavy atom. The number of rotatable bonds is 7. The smallest absolute Gasteiger partial charge is 0.170 e.